The highest BCUT2D eigenvalue weighted by Crippen LogP contribution is 2.09. The van der Waals surface area contributed by atoms with Gasteiger partial charge in [-0.15, -0.1) is 0 Å². The summed E-state index contributed by atoms with van der Waals surface area (Å²) < 4.78 is 0. The van der Waals surface area contributed by atoms with E-state index in [4.69, 9.17) is 5.90 Å². The van der Waals surface area contributed by atoms with Crippen molar-refractivity contribution in [3.8, 4) is 0 Å². The van der Waals surface area contributed by atoms with Crippen LogP contribution in [-0.2, 0) is 4.84 Å². The molecule has 2 nitrogen and oxygen atoms in total. The second-order valence-electron chi connectivity index (χ2n) is 3.70. The smallest absolute Gasteiger partial charge is 0.0679 e. The summed E-state index contributed by atoms with van der Waals surface area (Å²) in [7, 11) is 0. The van der Waals surface area contributed by atoms with Crippen LogP contribution in [0.15, 0.2) is 0 Å². The van der Waals surface area contributed by atoms with E-state index in [1.54, 1.807) is 0 Å². The molecule has 0 saturated heterocycles. The normalized spacial score (nSPS) is 10.6. The molecule has 0 spiro atoms. The molecule has 0 saturated carbocycles. The van der Waals surface area contributed by atoms with Gasteiger partial charge in [0.05, 0.1) is 6.61 Å². The summed E-state index contributed by atoms with van der Waals surface area (Å²) in [5, 5.41) is 0. The maximum absolute atomic E-state index is 4.92. The van der Waals surface area contributed by atoms with Gasteiger partial charge in [-0.1, -0.05) is 58.3 Å². The summed E-state index contributed by atoms with van der Waals surface area (Å²) in [5.41, 5.74) is 0. The molecule has 0 heterocycles. The van der Waals surface area contributed by atoms with Crippen molar-refractivity contribution in [3.05, 3.63) is 0 Å². The molecule has 0 aliphatic carbocycles. The third kappa shape index (κ3) is 11.9. The first kappa shape index (κ1) is 12.9. The van der Waals surface area contributed by atoms with Crippen molar-refractivity contribution in [2.45, 2.75) is 64.7 Å². The molecule has 0 bridgehead atoms. The quantitative estimate of drug-likeness (QED) is 0.420. The third-order valence-corrected chi connectivity index (χ3v) is 2.37. The molecule has 0 rings (SSSR count). The van der Waals surface area contributed by atoms with Crippen molar-refractivity contribution in [1.82, 2.24) is 0 Å². The maximum Gasteiger partial charge on any atom is 0.0679 e. The van der Waals surface area contributed by atoms with E-state index in [0.29, 0.717) is 0 Å². The Kier molecular flexibility index (Phi) is 11.8. The zero-order valence-corrected chi connectivity index (χ0v) is 9.06. The van der Waals surface area contributed by atoms with Crippen LogP contribution in [-0.4, -0.2) is 6.61 Å². The number of nitrogens with two attached hydrogens (primary N) is 1. The Balaban J connectivity index is 2.76. The second kappa shape index (κ2) is 11.9. The van der Waals surface area contributed by atoms with Crippen molar-refractivity contribution >= 4 is 0 Å². The van der Waals surface area contributed by atoms with Crippen LogP contribution < -0.4 is 5.90 Å². The Morgan fingerprint density at radius 2 is 1.23 bits per heavy atom. The van der Waals surface area contributed by atoms with Gasteiger partial charge in [0.15, 0.2) is 0 Å². The first-order valence-electron chi connectivity index (χ1n) is 5.73. The van der Waals surface area contributed by atoms with Crippen LogP contribution in [0.2, 0.25) is 0 Å². The molecular weight excluding hydrogens is 162 g/mol. The molecule has 80 valence electrons. The van der Waals surface area contributed by atoms with Crippen molar-refractivity contribution in [3.63, 3.8) is 0 Å². The highest BCUT2D eigenvalue weighted by molar-refractivity contribution is 4.46. The van der Waals surface area contributed by atoms with Gasteiger partial charge in [-0.3, -0.25) is 0 Å². The Morgan fingerprint density at radius 1 is 0.769 bits per heavy atom. The zero-order chi connectivity index (χ0) is 9.78. The van der Waals surface area contributed by atoms with Gasteiger partial charge < -0.3 is 4.84 Å². The molecule has 0 unspecified atom stereocenters. The first-order valence-corrected chi connectivity index (χ1v) is 5.73. The van der Waals surface area contributed by atoms with Crippen molar-refractivity contribution in [1.29, 1.82) is 0 Å². The molecule has 0 atom stereocenters. The van der Waals surface area contributed by atoms with E-state index in [0.717, 1.165) is 13.0 Å². The highest BCUT2D eigenvalue weighted by atomic mass is 16.6. The summed E-state index contributed by atoms with van der Waals surface area (Å²) in [6.07, 6.45) is 12.1. The van der Waals surface area contributed by atoms with E-state index in [1.165, 1.54) is 51.4 Å². The molecule has 0 aliphatic rings. The van der Waals surface area contributed by atoms with Crippen molar-refractivity contribution < 1.29 is 4.84 Å². The fourth-order valence-corrected chi connectivity index (χ4v) is 1.50. The number of unbranched alkanes of at least 4 members (excludes halogenated alkanes) is 8. The highest BCUT2D eigenvalue weighted by Gasteiger charge is 1.91. The molecule has 13 heavy (non-hydrogen) atoms. The maximum atomic E-state index is 4.92. The molecule has 0 aliphatic heterocycles. The van der Waals surface area contributed by atoms with Gasteiger partial charge in [0, 0.05) is 0 Å². The molecule has 0 aromatic carbocycles. The summed E-state index contributed by atoms with van der Waals surface area (Å²) in [6.45, 7) is 2.97. The van der Waals surface area contributed by atoms with Crippen LogP contribution in [0.1, 0.15) is 64.7 Å². The lowest BCUT2D eigenvalue weighted by Crippen LogP contribution is -2.00. The van der Waals surface area contributed by atoms with Crippen LogP contribution in [0, 0.1) is 0 Å². The third-order valence-electron chi connectivity index (χ3n) is 2.37. The topological polar surface area (TPSA) is 35.2 Å². The summed E-state index contributed by atoms with van der Waals surface area (Å²) in [6, 6.07) is 0. The lowest BCUT2D eigenvalue weighted by molar-refractivity contribution is 0.133. The van der Waals surface area contributed by atoms with Gasteiger partial charge in [0.25, 0.3) is 0 Å². The second-order valence-corrected chi connectivity index (χ2v) is 3.70. The Morgan fingerprint density at radius 3 is 1.69 bits per heavy atom. The standard InChI is InChI=1S/C11H25NO/c1-2-3-4-5-6-7-8-9-10-11-13-12/h2-12H2,1H3. The SMILES string of the molecule is CCCCCCCCCCCON. The van der Waals surface area contributed by atoms with Crippen molar-refractivity contribution in [2.75, 3.05) is 6.61 Å². The minimum absolute atomic E-state index is 0.718. The fourth-order valence-electron chi connectivity index (χ4n) is 1.50. The van der Waals surface area contributed by atoms with E-state index >= 15 is 0 Å². The Labute approximate surface area is 82.8 Å². The van der Waals surface area contributed by atoms with Gasteiger partial charge >= 0.3 is 0 Å². The van der Waals surface area contributed by atoms with E-state index in [2.05, 4.69) is 11.8 Å². The molecule has 0 radical (unpaired) electrons. The van der Waals surface area contributed by atoms with Gasteiger partial charge in [-0.25, -0.2) is 5.90 Å². The minimum Gasteiger partial charge on any atom is -0.305 e. The largest absolute Gasteiger partial charge is 0.305 e. The summed E-state index contributed by atoms with van der Waals surface area (Å²) in [4.78, 5) is 4.50. The van der Waals surface area contributed by atoms with E-state index in [9.17, 15) is 0 Å². The Hall–Kier alpha value is -0.0800. The first-order chi connectivity index (χ1) is 6.41. The number of rotatable bonds is 10. The van der Waals surface area contributed by atoms with Crippen LogP contribution in [0.4, 0.5) is 0 Å². The minimum atomic E-state index is 0.718. The predicted molar refractivity (Wildman–Crippen MR) is 57.4 cm³/mol. The van der Waals surface area contributed by atoms with Crippen LogP contribution >= 0.6 is 0 Å². The molecule has 0 aromatic rings. The van der Waals surface area contributed by atoms with Gasteiger partial charge in [0.2, 0.25) is 0 Å². The average Bonchev–Trinajstić information content (AvgIpc) is 2.16. The molecule has 0 amide bonds. The lowest BCUT2D eigenvalue weighted by atomic mass is 10.1. The van der Waals surface area contributed by atoms with Gasteiger partial charge in [-0.05, 0) is 6.42 Å². The summed E-state index contributed by atoms with van der Waals surface area (Å²) in [5.74, 6) is 4.92. The van der Waals surface area contributed by atoms with Gasteiger partial charge in [0.1, 0.15) is 0 Å². The monoisotopic (exact) mass is 187 g/mol. The lowest BCUT2D eigenvalue weighted by Gasteiger charge is -2.00. The molecule has 2 heteroatoms. The molecule has 0 fully saturated rings. The zero-order valence-electron chi connectivity index (χ0n) is 9.06. The van der Waals surface area contributed by atoms with E-state index < -0.39 is 0 Å². The van der Waals surface area contributed by atoms with Gasteiger partial charge in [-0.2, -0.15) is 0 Å². The molecule has 2 N–H and O–H groups in total. The molecular formula is C11H25NO. The number of hydrogen-bond donors (Lipinski definition) is 1. The predicted octanol–water partition coefficient (Wildman–Crippen LogP) is 3.41. The average molecular weight is 187 g/mol. The Bertz CT molecular complexity index is 76.2. The van der Waals surface area contributed by atoms with E-state index in [1.807, 2.05) is 0 Å². The number of hydrogen-bond acceptors (Lipinski definition) is 2. The van der Waals surface area contributed by atoms with Crippen molar-refractivity contribution in [2.24, 2.45) is 5.90 Å². The van der Waals surface area contributed by atoms with E-state index in [-0.39, 0.29) is 0 Å². The fraction of sp³-hybridized carbons (Fsp3) is 1.00. The van der Waals surface area contributed by atoms with Crippen LogP contribution in [0.3, 0.4) is 0 Å². The molecule has 0 aromatic heterocycles. The van der Waals surface area contributed by atoms with Crippen LogP contribution in [0.5, 0.6) is 0 Å². The summed E-state index contributed by atoms with van der Waals surface area (Å²) >= 11 is 0. The van der Waals surface area contributed by atoms with Crippen LogP contribution in [0.25, 0.3) is 0 Å².